The molecule has 2 rings (SSSR count). The van der Waals surface area contributed by atoms with E-state index in [0.717, 1.165) is 25.9 Å². The van der Waals surface area contributed by atoms with Crippen molar-refractivity contribution < 1.29 is 14.6 Å². The van der Waals surface area contributed by atoms with Gasteiger partial charge in [-0.2, -0.15) is 0 Å². The second-order valence-electron chi connectivity index (χ2n) is 4.54. The first-order valence-electron chi connectivity index (χ1n) is 6.04. The van der Waals surface area contributed by atoms with Crippen molar-refractivity contribution in [1.82, 2.24) is 10.2 Å². The highest BCUT2D eigenvalue weighted by Crippen LogP contribution is 2.11. The zero-order valence-corrected chi connectivity index (χ0v) is 9.52. The predicted molar refractivity (Wildman–Crippen MR) is 59.0 cm³/mol. The molecular weight excluding hydrogens is 208 g/mol. The lowest BCUT2D eigenvalue weighted by Gasteiger charge is -2.24. The summed E-state index contributed by atoms with van der Waals surface area (Å²) in [4.78, 5) is 13.4. The molecule has 0 aliphatic carbocycles. The summed E-state index contributed by atoms with van der Waals surface area (Å²) in [6.07, 6.45) is 2.53. The van der Waals surface area contributed by atoms with Crippen molar-refractivity contribution in [3.8, 4) is 0 Å². The lowest BCUT2D eigenvalue weighted by atomic mass is 10.1. The molecular formula is C11H20N2O3. The van der Waals surface area contributed by atoms with E-state index in [1.54, 1.807) is 4.90 Å². The van der Waals surface area contributed by atoms with Crippen LogP contribution in [0.15, 0.2) is 0 Å². The van der Waals surface area contributed by atoms with Gasteiger partial charge in [0.15, 0.2) is 0 Å². The molecule has 2 N–H and O–H groups in total. The van der Waals surface area contributed by atoms with Gasteiger partial charge in [0, 0.05) is 13.1 Å². The minimum atomic E-state index is -0.345. The smallest absolute Gasteiger partial charge is 0.248 e. The number of nitrogens with one attached hydrogen (secondary N) is 1. The second-order valence-corrected chi connectivity index (χ2v) is 4.54. The van der Waals surface area contributed by atoms with Gasteiger partial charge in [-0.25, -0.2) is 0 Å². The van der Waals surface area contributed by atoms with E-state index in [-0.39, 0.29) is 24.7 Å². The fourth-order valence-electron chi connectivity index (χ4n) is 2.21. The van der Waals surface area contributed by atoms with E-state index in [0.29, 0.717) is 19.5 Å². The molecule has 1 atom stereocenters. The van der Waals surface area contributed by atoms with Gasteiger partial charge in [0.05, 0.1) is 12.2 Å². The molecule has 0 aromatic carbocycles. The second kappa shape index (κ2) is 5.61. The first-order valence-corrected chi connectivity index (χ1v) is 6.04. The van der Waals surface area contributed by atoms with Gasteiger partial charge in [0.2, 0.25) is 5.91 Å². The molecule has 5 heteroatoms. The summed E-state index contributed by atoms with van der Waals surface area (Å²) < 4.78 is 5.58. The minimum Gasteiger partial charge on any atom is -0.391 e. The monoisotopic (exact) mass is 228 g/mol. The van der Waals surface area contributed by atoms with Gasteiger partial charge in [0.1, 0.15) is 6.61 Å². The van der Waals surface area contributed by atoms with Gasteiger partial charge in [-0.1, -0.05) is 0 Å². The number of carbonyl (C=O) groups excluding carboxylic acids is 1. The summed E-state index contributed by atoms with van der Waals surface area (Å²) in [5.41, 5.74) is 0. The summed E-state index contributed by atoms with van der Waals surface area (Å²) in [5.74, 6) is 0.00934. The number of hydrogen-bond acceptors (Lipinski definition) is 4. The number of hydrogen-bond donors (Lipinski definition) is 2. The lowest BCUT2D eigenvalue weighted by Crippen LogP contribution is -2.37. The number of rotatable bonds is 3. The average Bonchev–Trinajstić information content (AvgIpc) is 2.74. The maximum absolute atomic E-state index is 11.7. The number of likely N-dealkylation sites (tertiary alicyclic amines) is 1. The van der Waals surface area contributed by atoms with Crippen LogP contribution in [-0.2, 0) is 9.53 Å². The Hall–Kier alpha value is -0.650. The fourth-order valence-corrected chi connectivity index (χ4v) is 2.21. The molecule has 2 aliphatic rings. The summed E-state index contributed by atoms with van der Waals surface area (Å²) in [6, 6.07) is 0. The van der Waals surface area contributed by atoms with Crippen LogP contribution in [0.25, 0.3) is 0 Å². The molecule has 0 spiro atoms. The SMILES string of the molecule is O=C(COC1CCNCC1)N1CCC(O)C1. The van der Waals surface area contributed by atoms with E-state index >= 15 is 0 Å². The first kappa shape index (κ1) is 11.8. The zero-order chi connectivity index (χ0) is 11.4. The van der Waals surface area contributed by atoms with E-state index in [9.17, 15) is 9.90 Å². The Morgan fingerprint density at radius 1 is 1.38 bits per heavy atom. The van der Waals surface area contributed by atoms with Gasteiger partial charge in [0.25, 0.3) is 0 Å². The van der Waals surface area contributed by atoms with Crippen LogP contribution < -0.4 is 5.32 Å². The molecule has 0 bridgehead atoms. The molecule has 2 fully saturated rings. The van der Waals surface area contributed by atoms with E-state index in [1.165, 1.54) is 0 Å². The number of amides is 1. The van der Waals surface area contributed by atoms with Crippen molar-refractivity contribution in [2.75, 3.05) is 32.8 Å². The Morgan fingerprint density at radius 3 is 2.75 bits per heavy atom. The molecule has 2 heterocycles. The Morgan fingerprint density at radius 2 is 2.12 bits per heavy atom. The minimum absolute atomic E-state index is 0.00934. The van der Waals surface area contributed by atoms with Crippen LogP contribution in [-0.4, -0.2) is 60.9 Å². The van der Waals surface area contributed by atoms with Gasteiger partial charge in [-0.05, 0) is 32.4 Å². The Bertz CT molecular complexity index is 241. The van der Waals surface area contributed by atoms with Crippen molar-refractivity contribution in [1.29, 1.82) is 0 Å². The van der Waals surface area contributed by atoms with Crippen LogP contribution in [0.2, 0.25) is 0 Å². The normalized spacial score (nSPS) is 27.3. The van der Waals surface area contributed by atoms with Crippen molar-refractivity contribution >= 4 is 5.91 Å². The molecule has 1 amide bonds. The molecule has 2 saturated heterocycles. The van der Waals surface area contributed by atoms with Gasteiger partial charge in [-0.3, -0.25) is 4.79 Å². The third-order valence-corrected chi connectivity index (χ3v) is 3.24. The Labute approximate surface area is 95.8 Å². The van der Waals surface area contributed by atoms with Crippen molar-refractivity contribution in [3.05, 3.63) is 0 Å². The number of aliphatic hydroxyl groups excluding tert-OH is 1. The number of nitrogens with zero attached hydrogens (tertiary/aromatic N) is 1. The molecule has 16 heavy (non-hydrogen) atoms. The number of piperidine rings is 1. The van der Waals surface area contributed by atoms with E-state index in [1.807, 2.05) is 0 Å². The van der Waals surface area contributed by atoms with Gasteiger partial charge >= 0.3 is 0 Å². The maximum Gasteiger partial charge on any atom is 0.248 e. The van der Waals surface area contributed by atoms with Gasteiger partial charge in [-0.15, -0.1) is 0 Å². The Kier molecular flexibility index (Phi) is 4.15. The fraction of sp³-hybridized carbons (Fsp3) is 0.909. The zero-order valence-electron chi connectivity index (χ0n) is 9.52. The molecule has 1 unspecified atom stereocenters. The average molecular weight is 228 g/mol. The van der Waals surface area contributed by atoms with Crippen LogP contribution in [0.5, 0.6) is 0 Å². The largest absolute Gasteiger partial charge is 0.391 e. The number of carbonyl (C=O) groups is 1. The molecule has 5 nitrogen and oxygen atoms in total. The molecule has 2 aliphatic heterocycles. The summed E-state index contributed by atoms with van der Waals surface area (Å²) in [7, 11) is 0. The van der Waals surface area contributed by atoms with Crippen LogP contribution in [0.3, 0.4) is 0 Å². The van der Waals surface area contributed by atoms with E-state index in [4.69, 9.17) is 4.74 Å². The van der Waals surface area contributed by atoms with Crippen LogP contribution in [0.1, 0.15) is 19.3 Å². The highest BCUT2D eigenvalue weighted by atomic mass is 16.5. The van der Waals surface area contributed by atoms with Gasteiger partial charge < -0.3 is 20.1 Å². The molecule has 0 aromatic heterocycles. The summed E-state index contributed by atoms with van der Waals surface area (Å²) >= 11 is 0. The quantitative estimate of drug-likeness (QED) is 0.674. The number of ether oxygens (including phenoxy) is 1. The summed E-state index contributed by atoms with van der Waals surface area (Å²) in [6.45, 7) is 3.24. The van der Waals surface area contributed by atoms with Crippen molar-refractivity contribution in [2.45, 2.75) is 31.5 Å². The number of β-amino-alcohol motifs (C(OH)–C–C–N with tert-alkyl or cyclic N) is 1. The van der Waals surface area contributed by atoms with E-state index in [2.05, 4.69) is 5.32 Å². The third-order valence-electron chi connectivity index (χ3n) is 3.24. The standard InChI is InChI=1S/C11H20N2O3/c14-9-3-6-13(7-9)11(15)8-16-10-1-4-12-5-2-10/h9-10,12,14H,1-8H2. The summed E-state index contributed by atoms with van der Waals surface area (Å²) in [5, 5.41) is 12.6. The van der Waals surface area contributed by atoms with Crippen molar-refractivity contribution in [3.63, 3.8) is 0 Å². The van der Waals surface area contributed by atoms with Crippen LogP contribution in [0.4, 0.5) is 0 Å². The van der Waals surface area contributed by atoms with Crippen LogP contribution >= 0.6 is 0 Å². The molecule has 92 valence electrons. The first-order chi connectivity index (χ1) is 7.75. The van der Waals surface area contributed by atoms with Crippen molar-refractivity contribution in [2.24, 2.45) is 0 Å². The highest BCUT2D eigenvalue weighted by molar-refractivity contribution is 5.77. The molecule has 0 saturated carbocycles. The molecule has 0 radical (unpaired) electrons. The third kappa shape index (κ3) is 3.17. The Balaban J connectivity index is 1.67. The predicted octanol–water partition coefficient (Wildman–Crippen LogP) is -0.652. The lowest BCUT2D eigenvalue weighted by molar-refractivity contribution is -0.138. The maximum atomic E-state index is 11.7. The molecule has 0 aromatic rings. The van der Waals surface area contributed by atoms with E-state index < -0.39 is 0 Å². The van der Waals surface area contributed by atoms with Crippen LogP contribution in [0, 0.1) is 0 Å². The number of aliphatic hydroxyl groups is 1. The topological polar surface area (TPSA) is 61.8 Å². The highest BCUT2D eigenvalue weighted by Gasteiger charge is 2.25.